The van der Waals surface area contributed by atoms with Crippen molar-refractivity contribution in [1.29, 1.82) is 0 Å². The summed E-state index contributed by atoms with van der Waals surface area (Å²) in [5.41, 5.74) is 0. The first kappa shape index (κ1) is 15.8. The third-order valence-corrected chi connectivity index (χ3v) is 0.129. The zero-order valence-electron chi connectivity index (χ0n) is 3.53. The van der Waals surface area contributed by atoms with Crippen molar-refractivity contribution in [2.24, 2.45) is 0 Å². The van der Waals surface area contributed by atoms with E-state index in [-0.39, 0.29) is 19.5 Å². The molecular weight excluding hydrogens is 183 g/mol. The Morgan fingerprint density at radius 3 is 1.57 bits per heavy atom. The van der Waals surface area contributed by atoms with E-state index in [1.807, 2.05) is 0 Å². The second-order valence-corrected chi connectivity index (χ2v) is 0.363. The molecular formula is HAl2O4Zn. The summed E-state index contributed by atoms with van der Waals surface area (Å²) in [5.74, 6) is 0. The van der Waals surface area contributed by atoms with Gasteiger partial charge in [-0.3, -0.25) is 0 Å². The monoisotopic (exact) mass is 183 g/mol. The zero-order chi connectivity index (χ0) is 5.41. The van der Waals surface area contributed by atoms with Gasteiger partial charge >= 0.3 is 36.7 Å². The predicted molar refractivity (Wildman–Crippen MR) is 17.0 cm³/mol. The van der Waals surface area contributed by atoms with Gasteiger partial charge in [0, 0.05) is 19.5 Å². The second-order valence-electron chi connectivity index (χ2n) is 0.171. The normalized spacial score (nSPS) is 4.57. The second kappa shape index (κ2) is 26.3. The van der Waals surface area contributed by atoms with Crippen LogP contribution in [0.5, 0.6) is 0 Å². The minimum absolute atomic E-state index is 0. The van der Waals surface area contributed by atoms with Crippen LogP contribution in [0.1, 0.15) is 0 Å². The molecule has 0 aromatic carbocycles. The van der Waals surface area contributed by atoms with Crippen molar-refractivity contribution in [3.63, 3.8) is 0 Å². The fourth-order valence-electron chi connectivity index (χ4n) is 0. The molecule has 0 heterocycles. The number of rotatable bonds is 1. The van der Waals surface area contributed by atoms with Crippen LogP contribution in [0.2, 0.25) is 0 Å². The molecule has 7 heavy (non-hydrogen) atoms. The van der Waals surface area contributed by atoms with Gasteiger partial charge in [-0.1, -0.05) is 0 Å². The van der Waals surface area contributed by atoms with E-state index in [1.165, 1.54) is 16.2 Å². The SMILES string of the molecule is OO[O][Al].[O]=[Al].[Zn]. The topological polar surface area (TPSA) is 55.8 Å². The molecule has 0 aliphatic carbocycles. The summed E-state index contributed by atoms with van der Waals surface area (Å²) in [6.07, 6.45) is 0. The third kappa shape index (κ3) is 37.9. The van der Waals surface area contributed by atoms with Crippen LogP contribution in [0, 0.1) is 0 Å². The molecule has 0 aromatic rings. The molecule has 0 fully saturated rings. The van der Waals surface area contributed by atoms with Gasteiger partial charge in [-0.25, -0.2) is 5.26 Å². The van der Waals surface area contributed by atoms with Crippen LogP contribution in [-0.4, -0.2) is 38.1 Å². The van der Waals surface area contributed by atoms with Gasteiger partial charge in [0.2, 0.25) is 0 Å². The maximum Gasteiger partial charge on any atom is 0 e. The Labute approximate surface area is 70.2 Å². The Kier molecular flexibility index (Phi) is 59.3. The molecule has 0 spiro atoms. The van der Waals surface area contributed by atoms with Crippen molar-refractivity contribution in [2.75, 3.05) is 0 Å². The summed E-state index contributed by atoms with van der Waals surface area (Å²) < 4.78 is 11.7. The molecule has 0 amide bonds. The average Bonchev–Trinajstić information content (AvgIpc) is 1.72. The van der Waals surface area contributed by atoms with Crippen molar-refractivity contribution in [1.82, 2.24) is 0 Å². The molecule has 0 aliphatic heterocycles. The van der Waals surface area contributed by atoms with Gasteiger partial charge in [0.25, 0.3) is 0 Å². The van der Waals surface area contributed by atoms with E-state index in [2.05, 4.69) is 8.98 Å². The van der Waals surface area contributed by atoms with E-state index in [9.17, 15) is 0 Å². The summed E-state index contributed by atoms with van der Waals surface area (Å²) >= 11 is 2.85. The Morgan fingerprint density at radius 1 is 1.43 bits per heavy atom. The Hall–Kier alpha value is 1.37. The standard InChI is InChI=1S/2Al.H2O3.O.Zn/c;;1-3-2;;/h;;1-2H;;/q;+1;;;/p-1. The molecule has 0 saturated carbocycles. The van der Waals surface area contributed by atoms with Gasteiger partial charge in [0.15, 0.2) is 0 Å². The van der Waals surface area contributed by atoms with E-state index in [0.29, 0.717) is 0 Å². The molecule has 0 atom stereocenters. The molecule has 0 unspecified atom stereocenters. The maximum absolute atomic E-state index is 8.17. The fraction of sp³-hybridized carbons (Fsp3) is 0. The van der Waals surface area contributed by atoms with E-state index in [1.54, 1.807) is 16.6 Å². The maximum atomic E-state index is 8.17. The van der Waals surface area contributed by atoms with Crippen LogP contribution >= 0.6 is 0 Å². The Morgan fingerprint density at radius 2 is 1.57 bits per heavy atom. The van der Waals surface area contributed by atoms with Crippen LogP contribution in [0.4, 0.5) is 0 Å². The molecule has 0 rings (SSSR count). The quantitative estimate of drug-likeness (QED) is 0.322. The van der Waals surface area contributed by atoms with Gasteiger partial charge in [-0.05, 0) is 0 Å². The summed E-state index contributed by atoms with van der Waals surface area (Å²) in [5, 5.41) is 10.1. The molecule has 0 aliphatic rings. The van der Waals surface area contributed by atoms with Crippen molar-refractivity contribution in [2.45, 2.75) is 0 Å². The van der Waals surface area contributed by atoms with Crippen LogP contribution in [0.3, 0.4) is 0 Å². The van der Waals surface area contributed by atoms with Crippen LogP contribution in [-0.2, 0) is 32.3 Å². The van der Waals surface area contributed by atoms with Gasteiger partial charge in [0.05, 0.1) is 0 Å². The molecule has 7 heteroatoms. The fourth-order valence-corrected chi connectivity index (χ4v) is 0. The van der Waals surface area contributed by atoms with Gasteiger partial charge in [-0.2, -0.15) is 0 Å². The minimum atomic E-state index is 0. The molecule has 4 nitrogen and oxygen atoms in total. The minimum Gasteiger partial charge on any atom is 0 e. The first-order valence-electron chi connectivity index (χ1n) is 0.821. The number of hydrogen-bond donors (Lipinski definition) is 1. The van der Waals surface area contributed by atoms with E-state index >= 15 is 0 Å². The molecule has 0 bridgehead atoms. The van der Waals surface area contributed by atoms with Crippen molar-refractivity contribution in [3.8, 4) is 0 Å². The molecule has 33 valence electrons. The van der Waals surface area contributed by atoms with Crippen LogP contribution < -0.4 is 0 Å². The molecule has 3 radical (unpaired) electrons. The summed E-state index contributed by atoms with van der Waals surface area (Å²) in [6.45, 7) is 0. The van der Waals surface area contributed by atoms with E-state index in [0.717, 1.165) is 0 Å². The summed E-state index contributed by atoms with van der Waals surface area (Å²) in [6, 6.07) is 0. The van der Waals surface area contributed by atoms with Crippen molar-refractivity contribution < 1.29 is 37.5 Å². The van der Waals surface area contributed by atoms with Gasteiger partial charge in [0.1, 0.15) is 0 Å². The largest absolute Gasteiger partial charge is 0 e. The molecule has 0 saturated heterocycles. The van der Waals surface area contributed by atoms with E-state index < -0.39 is 0 Å². The Bertz CT molecular complexity index is 17.2. The third-order valence-electron chi connectivity index (χ3n) is 0.0430. The van der Waals surface area contributed by atoms with Crippen molar-refractivity contribution in [3.05, 3.63) is 0 Å². The predicted octanol–water partition coefficient (Wildman–Crippen LogP) is -1.01. The smallest absolute Gasteiger partial charge is 0 e. The van der Waals surface area contributed by atoms with Crippen LogP contribution in [0.25, 0.3) is 0 Å². The Balaban J connectivity index is -0.0000000480. The summed E-state index contributed by atoms with van der Waals surface area (Å²) in [4.78, 5) is 0. The molecule has 1 N–H and O–H groups in total. The number of hydrogen-bond acceptors (Lipinski definition) is 4. The van der Waals surface area contributed by atoms with Crippen LogP contribution in [0.15, 0.2) is 0 Å². The first-order chi connectivity index (χ1) is 2.91. The average molecular weight is 184 g/mol. The van der Waals surface area contributed by atoms with Gasteiger partial charge < -0.3 is 3.94 Å². The molecule has 0 aromatic heterocycles. The van der Waals surface area contributed by atoms with E-state index in [4.69, 9.17) is 9.06 Å². The van der Waals surface area contributed by atoms with Gasteiger partial charge in [-0.15, -0.1) is 5.04 Å². The zero-order valence-corrected chi connectivity index (χ0v) is 8.81. The summed E-state index contributed by atoms with van der Waals surface area (Å²) in [7, 11) is 0. The first-order valence-corrected chi connectivity index (χ1v) is 1.76. The van der Waals surface area contributed by atoms with Crippen molar-refractivity contribution >= 4 is 32.8 Å².